The van der Waals surface area contributed by atoms with Crippen molar-refractivity contribution in [3.05, 3.63) is 47.9 Å². The number of hydrogen-bond acceptors (Lipinski definition) is 4. The Bertz CT molecular complexity index is 912. The molecule has 24 heavy (non-hydrogen) atoms. The Balaban J connectivity index is 2.18. The van der Waals surface area contributed by atoms with E-state index in [1.165, 1.54) is 42.8 Å². The molecule has 3 aromatic heterocycles. The van der Waals surface area contributed by atoms with E-state index in [4.69, 9.17) is 0 Å². The van der Waals surface area contributed by atoms with Crippen molar-refractivity contribution >= 4 is 5.65 Å². The molecule has 9 heteroatoms. The molecule has 0 unspecified atom stereocenters. The predicted octanol–water partition coefficient (Wildman–Crippen LogP) is 3.18. The second-order valence-corrected chi connectivity index (χ2v) is 5.70. The quantitative estimate of drug-likeness (QED) is 0.728. The molecule has 0 fully saturated rings. The molecular weight excluding hydrogens is 328 g/mol. The highest BCUT2D eigenvalue weighted by molar-refractivity contribution is 5.61. The normalized spacial score (nSPS) is 12.8. The van der Waals surface area contributed by atoms with Crippen molar-refractivity contribution in [2.45, 2.75) is 25.6 Å². The van der Waals surface area contributed by atoms with Crippen LogP contribution in [0.4, 0.5) is 17.6 Å². The number of aromatic nitrogens is 4. The molecule has 0 bridgehead atoms. The van der Waals surface area contributed by atoms with Gasteiger partial charge in [0.15, 0.2) is 11.5 Å². The number of imidazole rings is 1. The van der Waals surface area contributed by atoms with Crippen LogP contribution in [-0.2, 0) is 11.8 Å². The number of nitrogens with zero attached hydrogens (tertiary/aromatic N) is 4. The topological polar surface area (TPSA) is 63.3 Å². The molecule has 0 aliphatic carbocycles. The minimum atomic E-state index is -4.68. The van der Waals surface area contributed by atoms with Gasteiger partial charge in [-0.1, -0.05) is 0 Å². The molecule has 3 rings (SSSR count). The highest BCUT2D eigenvalue weighted by Crippen LogP contribution is 2.30. The Morgan fingerprint density at radius 2 is 1.83 bits per heavy atom. The average molecular weight is 340 g/mol. The average Bonchev–Trinajstić information content (AvgIpc) is 2.90. The van der Waals surface area contributed by atoms with Gasteiger partial charge in [-0.2, -0.15) is 13.2 Å². The van der Waals surface area contributed by atoms with Gasteiger partial charge in [-0.05, 0) is 26.0 Å². The number of pyridine rings is 1. The molecule has 3 aromatic rings. The maximum Gasteiger partial charge on any atom is 0.451 e. The maximum absolute atomic E-state index is 14.5. The zero-order valence-electron chi connectivity index (χ0n) is 12.6. The summed E-state index contributed by atoms with van der Waals surface area (Å²) in [7, 11) is 0. The van der Waals surface area contributed by atoms with Gasteiger partial charge in [0.25, 0.3) is 0 Å². The van der Waals surface area contributed by atoms with Crippen LogP contribution in [0.5, 0.6) is 0 Å². The van der Waals surface area contributed by atoms with Gasteiger partial charge < -0.3 is 5.11 Å². The molecule has 0 aliphatic heterocycles. The third kappa shape index (κ3) is 2.71. The standard InChI is InChI=1S/C15H12F4N4O/c1-14(2,24)8-4-6-23-10(7-21-12(23)11(8)16)9-3-5-20-13(22-9)15(17,18)19/h3-7,24H,1-2H3. The molecular formula is C15H12F4N4O. The number of halogens is 4. The molecule has 0 amide bonds. The lowest BCUT2D eigenvalue weighted by molar-refractivity contribution is -0.144. The van der Waals surface area contributed by atoms with E-state index in [0.29, 0.717) is 0 Å². The lowest BCUT2D eigenvalue weighted by Gasteiger charge is -2.18. The second-order valence-electron chi connectivity index (χ2n) is 5.70. The summed E-state index contributed by atoms with van der Waals surface area (Å²) in [6.07, 6.45) is -1.07. The minimum absolute atomic E-state index is 0.0332. The Hall–Kier alpha value is -2.55. The SMILES string of the molecule is CC(C)(O)c1ccn2c(-c3ccnc(C(F)(F)F)n3)cnc2c1F. The Labute approximate surface area is 133 Å². The predicted molar refractivity (Wildman–Crippen MR) is 76.4 cm³/mol. The highest BCUT2D eigenvalue weighted by Gasteiger charge is 2.35. The van der Waals surface area contributed by atoms with Crippen molar-refractivity contribution in [3.8, 4) is 11.4 Å². The van der Waals surface area contributed by atoms with Crippen LogP contribution < -0.4 is 0 Å². The van der Waals surface area contributed by atoms with Gasteiger partial charge >= 0.3 is 6.18 Å². The summed E-state index contributed by atoms with van der Waals surface area (Å²) in [5, 5.41) is 9.96. The van der Waals surface area contributed by atoms with Gasteiger partial charge in [0.05, 0.1) is 23.2 Å². The third-order valence-electron chi connectivity index (χ3n) is 3.45. The van der Waals surface area contributed by atoms with Gasteiger partial charge in [-0.25, -0.2) is 19.3 Å². The number of rotatable bonds is 2. The van der Waals surface area contributed by atoms with Gasteiger partial charge in [0.2, 0.25) is 5.82 Å². The van der Waals surface area contributed by atoms with Crippen molar-refractivity contribution in [2.24, 2.45) is 0 Å². The van der Waals surface area contributed by atoms with Crippen LogP contribution in [0.15, 0.2) is 30.7 Å². The van der Waals surface area contributed by atoms with Crippen molar-refractivity contribution in [3.63, 3.8) is 0 Å². The highest BCUT2D eigenvalue weighted by atomic mass is 19.4. The van der Waals surface area contributed by atoms with Crippen LogP contribution in [0.25, 0.3) is 17.0 Å². The Kier molecular flexibility index (Phi) is 3.56. The van der Waals surface area contributed by atoms with E-state index in [1.54, 1.807) is 0 Å². The maximum atomic E-state index is 14.5. The molecule has 0 aromatic carbocycles. The summed E-state index contributed by atoms with van der Waals surface area (Å²) >= 11 is 0. The smallest absolute Gasteiger partial charge is 0.386 e. The largest absolute Gasteiger partial charge is 0.451 e. The van der Waals surface area contributed by atoms with Gasteiger partial charge in [-0.3, -0.25) is 4.40 Å². The second kappa shape index (κ2) is 5.23. The van der Waals surface area contributed by atoms with E-state index >= 15 is 0 Å². The van der Waals surface area contributed by atoms with Gasteiger partial charge in [-0.15, -0.1) is 0 Å². The Morgan fingerprint density at radius 3 is 2.46 bits per heavy atom. The summed E-state index contributed by atoms with van der Waals surface area (Å²) < 4.78 is 54.0. The molecule has 0 saturated carbocycles. The van der Waals surface area contributed by atoms with Crippen molar-refractivity contribution in [2.75, 3.05) is 0 Å². The van der Waals surface area contributed by atoms with Crippen LogP contribution in [0, 0.1) is 5.82 Å². The molecule has 0 aliphatic rings. The molecule has 0 spiro atoms. The van der Waals surface area contributed by atoms with Crippen LogP contribution in [0.3, 0.4) is 0 Å². The Morgan fingerprint density at radius 1 is 1.12 bits per heavy atom. The van der Waals surface area contributed by atoms with Crippen LogP contribution >= 0.6 is 0 Å². The molecule has 0 saturated heterocycles. The number of fused-ring (bicyclic) bond motifs is 1. The van der Waals surface area contributed by atoms with Crippen molar-refractivity contribution in [1.29, 1.82) is 0 Å². The van der Waals surface area contributed by atoms with Crippen LogP contribution in [-0.4, -0.2) is 24.5 Å². The summed E-state index contributed by atoms with van der Waals surface area (Å²) in [5.41, 5.74) is -1.36. The minimum Gasteiger partial charge on any atom is -0.386 e. The fraction of sp³-hybridized carbons (Fsp3) is 0.267. The summed E-state index contributed by atoms with van der Waals surface area (Å²) in [5.74, 6) is -2.04. The fourth-order valence-corrected chi connectivity index (χ4v) is 2.32. The summed E-state index contributed by atoms with van der Waals surface area (Å²) in [6.45, 7) is 2.84. The van der Waals surface area contributed by atoms with Crippen molar-refractivity contribution < 1.29 is 22.7 Å². The van der Waals surface area contributed by atoms with Gasteiger partial charge in [0.1, 0.15) is 0 Å². The van der Waals surface area contributed by atoms with E-state index in [9.17, 15) is 22.7 Å². The summed E-state index contributed by atoms with van der Waals surface area (Å²) in [4.78, 5) is 10.6. The molecule has 0 atom stereocenters. The van der Waals surface area contributed by atoms with Crippen molar-refractivity contribution in [1.82, 2.24) is 19.4 Å². The molecule has 0 radical (unpaired) electrons. The monoisotopic (exact) mass is 340 g/mol. The number of hydrogen-bond donors (Lipinski definition) is 1. The fourth-order valence-electron chi connectivity index (χ4n) is 2.32. The third-order valence-corrected chi connectivity index (χ3v) is 3.45. The molecule has 1 N–H and O–H groups in total. The number of alkyl halides is 3. The molecule has 5 nitrogen and oxygen atoms in total. The van der Waals surface area contributed by atoms with E-state index in [1.807, 2.05) is 0 Å². The van der Waals surface area contributed by atoms with E-state index in [2.05, 4.69) is 15.0 Å². The first-order valence-corrected chi connectivity index (χ1v) is 6.88. The summed E-state index contributed by atoms with van der Waals surface area (Å²) in [6, 6.07) is 2.62. The molecule has 3 heterocycles. The van der Waals surface area contributed by atoms with E-state index in [0.717, 1.165) is 6.20 Å². The lowest BCUT2D eigenvalue weighted by atomic mass is 9.99. The van der Waals surface area contributed by atoms with E-state index < -0.39 is 23.4 Å². The first-order valence-electron chi connectivity index (χ1n) is 6.88. The first kappa shape index (κ1) is 16.3. The zero-order chi connectivity index (χ0) is 17.7. The zero-order valence-corrected chi connectivity index (χ0v) is 12.6. The van der Waals surface area contributed by atoms with Crippen LogP contribution in [0.1, 0.15) is 25.2 Å². The van der Waals surface area contributed by atoms with Gasteiger partial charge in [0, 0.05) is 18.0 Å². The molecule has 126 valence electrons. The van der Waals surface area contributed by atoms with E-state index in [-0.39, 0.29) is 22.6 Å². The van der Waals surface area contributed by atoms with Crippen LogP contribution in [0.2, 0.25) is 0 Å². The lowest BCUT2D eigenvalue weighted by Crippen LogP contribution is -2.18. The number of aliphatic hydroxyl groups is 1. The first-order chi connectivity index (χ1) is 11.1.